The van der Waals surface area contributed by atoms with Gasteiger partial charge in [-0.25, -0.2) is 0 Å². The first kappa shape index (κ1) is 13.8. The van der Waals surface area contributed by atoms with E-state index in [0.29, 0.717) is 11.7 Å². The van der Waals surface area contributed by atoms with E-state index in [1.54, 1.807) is 6.20 Å². The Labute approximate surface area is 113 Å². The molecule has 19 heavy (non-hydrogen) atoms. The van der Waals surface area contributed by atoms with Gasteiger partial charge in [0, 0.05) is 18.8 Å². The number of aromatic nitrogens is 1. The minimum atomic E-state index is 0.0494. The summed E-state index contributed by atoms with van der Waals surface area (Å²) in [4.78, 5) is 4.07. The van der Waals surface area contributed by atoms with Crippen LogP contribution < -0.4 is 11.1 Å². The first-order valence-electron chi connectivity index (χ1n) is 6.85. The number of hydrogen-bond acceptors (Lipinski definition) is 4. The molecule has 0 bridgehead atoms. The van der Waals surface area contributed by atoms with Crippen molar-refractivity contribution in [1.82, 2.24) is 10.3 Å². The molecular formula is C14H22N4O. The Balaban J connectivity index is 1.89. The highest BCUT2D eigenvalue weighted by Crippen LogP contribution is 2.23. The predicted molar refractivity (Wildman–Crippen MR) is 75.0 cm³/mol. The molecule has 0 aliphatic heterocycles. The lowest BCUT2D eigenvalue weighted by Crippen LogP contribution is -2.32. The SMILES string of the molecule is CC1CCC(NCc2ccnc(/C(N)=N/O)c2)CC1. The third-order valence-corrected chi connectivity index (χ3v) is 3.81. The fourth-order valence-electron chi connectivity index (χ4n) is 2.50. The zero-order valence-corrected chi connectivity index (χ0v) is 11.3. The van der Waals surface area contributed by atoms with Crippen LogP contribution in [-0.4, -0.2) is 22.1 Å². The molecule has 4 N–H and O–H groups in total. The largest absolute Gasteiger partial charge is 0.409 e. The molecule has 0 atom stereocenters. The molecule has 0 aromatic carbocycles. The monoisotopic (exact) mass is 262 g/mol. The van der Waals surface area contributed by atoms with Crippen molar-refractivity contribution in [3.8, 4) is 0 Å². The summed E-state index contributed by atoms with van der Waals surface area (Å²) in [5.41, 5.74) is 7.15. The minimum absolute atomic E-state index is 0.0494. The normalized spacial score (nSPS) is 24.4. The van der Waals surface area contributed by atoms with Crippen LogP contribution in [0.4, 0.5) is 0 Å². The Morgan fingerprint density at radius 3 is 2.89 bits per heavy atom. The van der Waals surface area contributed by atoms with Gasteiger partial charge in [-0.05, 0) is 49.3 Å². The van der Waals surface area contributed by atoms with E-state index >= 15 is 0 Å². The van der Waals surface area contributed by atoms with Crippen molar-refractivity contribution in [2.45, 2.75) is 45.2 Å². The van der Waals surface area contributed by atoms with E-state index in [1.807, 2.05) is 12.1 Å². The van der Waals surface area contributed by atoms with E-state index in [2.05, 4.69) is 22.4 Å². The van der Waals surface area contributed by atoms with Crippen LogP contribution in [0.15, 0.2) is 23.5 Å². The number of pyridine rings is 1. The predicted octanol–water partition coefficient (Wildman–Crippen LogP) is 1.84. The number of nitrogens with zero attached hydrogens (tertiary/aromatic N) is 2. The number of hydrogen-bond donors (Lipinski definition) is 3. The van der Waals surface area contributed by atoms with E-state index in [-0.39, 0.29) is 5.84 Å². The summed E-state index contributed by atoms with van der Waals surface area (Å²) in [6.45, 7) is 3.12. The molecule has 1 aliphatic rings. The van der Waals surface area contributed by atoms with E-state index in [0.717, 1.165) is 18.0 Å². The average molecular weight is 262 g/mol. The molecule has 1 saturated carbocycles. The van der Waals surface area contributed by atoms with Crippen molar-refractivity contribution in [3.05, 3.63) is 29.6 Å². The molecule has 5 heteroatoms. The van der Waals surface area contributed by atoms with Gasteiger partial charge in [-0.1, -0.05) is 12.1 Å². The Morgan fingerprint density at radius 2 is 2.21 bits per heavy atom. The quantitative estimate of drug-likeness (QED) is 0.334. The summed E-state index contributed by atoms with van der Waals surface area (Å²) in [6, 6.07) is 4.41. The van der Waals surface area contributed by atoms with E-state index in [4.69, 9.17) is 10.9 Å². The van der Waals surface area contributed by atoms with Crippen molar-refractivity contribution < 1.29 is 5.21 Å². The molecule has 5 nitrogen and oxygen atoms in total. The second-order valence-electron chi connectivity index (χ2n) is 5.37. The molecule has 1 fully saturated rings. The van der Waals surface area contributed by atoms with Crippen LogP contribution in [0, 0.1) is 5.92 Å². The van der Waals surface area contributed by atoms with E-state index in [9.17, 15) is 0 Å². The van der Waals surface area contributed by atoms with Crippen molar-refractivity contribution in [3.63, 3.8) is 0 Å². The van der Waals surface area contributed by atoms with Gasteiger partial charge in [0.25, 0.3) is 0 Å². The standard InChI is InChI=1S/C14H22N4O/c1-10-2-4-12(5-3-10)17-9-11-6-7-16-13(8-11)14(15)18-19/h6-8,10,12,17,19H,2-5,9H2,1H3,(H2,15,18). The molecule has 1 aromatic rings. The fourth-order valence-corrected chi connectivity index (χ4v) is 2.50. The molecule has 1 heterocycles. The Bertz CT molecular complexity index is 439. The van der Waals surface area contributed by atoms with Crippen LogP contribution in [0.5, 0.6) is 0 Å². The van der Waals surface area contributed by atoms with Gasteiger partial charge in [0.2, 0.25) is 0 Å². The third kappa shape index (κ3) is 3.92. The van der Waals surface area contributed by atoms with Gasteiger partial charge in [-0.2, -0.15) is 0 Å². The lowest BCUT2D eigenvalue weighted by atomic mass is 9.87. The molecule has 0 amide bonds. The molecule has 0 spiro atoms. The molecule has 1 aromatic heterocycles. The summed E-state index contributed by atoms with van der Waals surface area (Å²) in [5.74, 6) is 0.916. The van der Waals surface area contributed by atoms with Gasteiger partial charge in [-0.3, -0.25) is 4.98 Å². The fraction of sp³-hybridized carbons (Fsp3) is 0.571. The van der Waals surface area contributed by atoms with Gasteiger partial charge in [0.1, 0.15) is 5.69 Å². The van der Waals surface area contributed by atoms with Crippen LogP contribution in [0.3, 0.4) is 0 Å². The summed E-state index contributed by atoms with van der Waals surface area (Å²) in [5, 5.41) is 15.2. The van der Waals surface area contributed by atoms with Crippen molar-refractivity contribution >= 4 is 5.84 Å². The summed E-state index contributed by atoms with van der Waals surface area (Å²) < 4.78 is 0. The maximum absolute atomic E-state index is 8.65. The van der Waals surface area contributed by atoms with Crippen LogP contribution >= 0.6 is 0 Å². The van der Waals surface area contributed by atoms with Gasteiger partial charge < -0.3 is 16.3 Å². The average Bonchev–Trinajstić information content (AvgIpc) is 2.46. The number of rotatable bonds is 4. The first-order valence-corrected chi connectivity index (χ1v) is 6.85. The molecule has 0 saturated heterocycles. The second-order valence-corrected chi connectivity index (χ2v) is 5.37. The lowest BCUT2D eigenvalue weighted by Gasteiger charge is -2.27. The smallest absolute Gasteiger partial charge is 0.188 e. The Kier molecular flexibility index (Phi) is 4.74. The number of nitrogens with one attached hydrogen (secondary N) is 1. The summed E-state index contributed by atoms with van der Waals surface area (Å²) in [6.07, 6.45) is 6.80. The van der Waals surface area contributed by atoms with Crippen LogP contribution in [0.25, 0.3) is 0 Å². The van der Waals surface area contributed by atoms with Crippen LogP contribution in [0.2, 0.25) is 0 Å². The highest BCUT2D eigenvalue weighted by Gasteiger charge is 2.17. The number of amidine groups is 1. The molecule has 1 aliphatic carbocycles. The summed E-state index contributed by atoms with van der Waals surface area (Å²) >= 11 is 0. The zero-order chi connectivity index (χ0) is 13.7. The Hall–Kier alpha value is -1.62. The molecule has 2 rings (SSSR count). The van der Waals surface area contributed by atoms with E-state index < -0.39 is 0 Å². The topological polar surface area (TPSA) is 83.5 Å². The molecule has 0 unspecified atom stereocenters. The van der Waals surface area contributed by atoms with Crippen molar-refractivity contribution in [1.29, 1.82) is 0 Å². The van der Waals surface area contributed by atoms with E-state index in [1.165, 1.54) is 25.7 Å². The lowest BCUT2D eigenvalue weighted by molar-refractivity contribution is 0.306. The molecular weight excluding hydrogens is 240 g/mol. The van der Waals surface area contributed by atoms with Gasteiger partial charge in [0.15, 0.2) is 5.84 Å². The van der Waals surface area contributed by atoms with Gasteiger partial charge >= 0.3 is 0 Å². The van der Waals surface area contributed by atoms with Crippen LogP contribution in [0.1, 0.15) is 43.9 Å². The molecule has 104 valence electrons. The van der Waals surface area contributed by atoms with Gasteiger partial charge in [0.05, 0.1) is 0 Å². The third-order valence-electron chi connectivity index (χ3n) is 3.81. The summed E-state index contributed by atoms with van der Waals surface area (Å²) in [7, 11) is 0. The first-order chi connectivity index (χ1) is 9.19. The number of oxime groups is 1. The minimum Gasteiger partial charge on any atom is -0.409 e. The highest BCUT2D eigenvalue weighted by molar-refractivity contribution is 5.95. The zero-order valence-electron chi connectivity index (χ0n) is 11.3. The van der Waals surface area contributed by atoms with Gasteiger partial charge in [-0.15, -0.1) is 0 Å². The second kappa shape index (κ2) is 6.52. The maximum Gasteiger partial charge on any atom is 0.188 e. The molecule has 0 radical (unpaired) electrons. The van der Waals surface area contributed by atoms with Crippen molar-refractivity contribution in [2.75, 3.05) is 0 Å². The van der Waals surface area contributed by atoms with Crippen molar-refractivity contribution in [2.24, 2.45) is 16.8 Å². The number of nitrogens with two attached hydrogens (primary N) is 1. The maximum atomic E-state index is 8.65. The highest BCUT2D eigenvalue weighted by atomic mass is 16.4. The van der Waals surface area contributed by atoms with Crippen LogP contribution in [-0.2, 0) is 6.54 Å². The Morgan fingerprint density at radius 1 is 1.47 bits per heavy atom.